The van der Waals surface area contributed by atoms with Crippen molar-refractivity contribution in [1.29, 1.82) is 0 Å². The van der Waals surface area contributed by atoms with E-state index in [0.717, 1.165) is 18.0 Å². The lowest BCUT2D eigenvalue weighted by molar-refractivity contribution is -0.124. The third kappa shape index (κ3) is 3.46. The van der Waals surface area contributed by atoms with Crippen LogP contribution >= 0.6 is 11.8 Å². The molecule has 0 aromatic carbocycles. The first-order chi connectivity index (χ1) is 8.49. The Bertz CT molecular complexity index is 406. The lowest BCUT2D eigenvalue weighted by Gasteiger charge is -2.30. The Kier molecular flexibility index (Phi) is 3.91. The molecule has 1 aromatic rings. The third-order valence-corrected chi connectivity index (χ3v) is 4.03. The molecule has 4 N–H and O–H groups in total. The molecule has 1 aliphatic rings. The number of aromatic amines is 1. The first-order valence-electron chi connectivity index (χ1n) is 6.09. The van der Waals surface area contributed by atoms with Crippen LogP contribution in [0.4, 0.5) is 0 Å². The van der Waals surface area contributed by atoms with E-state index in [0.29, 0.717) is 12.5 Å². The monoisotopic (exact) mass is 269 g/mol. The van der Waals surface area contributed by atoms with Crippen LogP contribution in [0.1, 0.15) is 33.1 Å². The van der Waals surface area contributed by atoms with Crippen molar-refractivity contribution in [2.24, 2.45) is 5.73 Å². The molecule has 0 spiro atoms. The summed E-state index contributed by atoms with van der Waals surface area (Å²) >= 11 is 1.57. The first-order valence-corrected chi connectivity index (χ1v) is 6.97. The Morgan fingerprint density at radius 1 is 1.78 bits per heavy atom. The fourth-order valence-corrected chi connectivity index (χ4v) is 2.98. The van der Waals surface area contributed by atoms with Crippen molar-refractivity contribution in [1.82, 2.24) is 20.5 Å². The zero-order valence-electron chi connectivity index (χ0n) is 10.6. The van der Waals surface area contributed by atoms with Crippen molar-refractivity contribution >= 4 is 17.7 Å². The summed E-state index contributed by atoms with van der Waals surface area (Å²) < 4.78 is 0. The molecule has 0 saturated heterocycles. The largest absolute Gasteiger partial charge is 0.368 e. The van der Waals surface area contributed by atoms with Gasteiger partial charge in [-0.3, -0.25) is 9.89 Å². The third-order valence-electron chi connectivity index (χ3n) is 3.05. The molecule has 2 atom stereocenters. The van der Waals surface area contributed by atoms with Gasteiger partial charge in [0.2, 0.25) is 5.91 Å². The second kappa shape index (κ2) is 5.27. The van der Waals surface area contributed by atoms with Crippen LogP contribution in [0.3, 0.4) is 0 Å². The normalized spacial score (nSPS) is 20.3. The van der Waals surface area contributed by atoms with Gasteiger partial charge in [0.1, 0.15) is 6.33 Å². The van der Waals surface area contributed by atoms with Gasteiger partial charge in [0.05, 0.1) is 5.54 Å². The van der Waals surface area contributed by atoms with Crippen LogP contribution in [-0.4, -0.2) is 37.9 Å². The number of carbonyl (C=O) groups is 1. The van der Waals surface area contributed by atoms with Crippen molar-refractivity contribution in [2.45, 2.75) is 55.1 Å². The zero-order chi connectivity index (χ0) is 13.2. The molecular formula is C11H19N5OS. The van der Waals surface area contributed by atoms with Crippen LogP contribution in [-0.2, 0) is 4.79 Å². The van der Waals surface area contributed by atoms with Crippen LogP contribution < -0.4 is 11.1 Å². The van der Waals surface area contributed by atoms with Crippen LogP contribution in [0, 0.1) is 0 Å². The summed E-state index contributed by atoms with van der Waals surface area (Å²) in [4.78, 5) is 15.7. The van der Waals surface area contributed by atoms with E-state index in [9.17, 15) is 4.79 Å². The molecule has 0 radical (unpaired) electrons. The quantitative estimate of drug-likeness (QED) is 0.632. The van der Waals surface area contributed by atoms with Gasteiger partial charge < -0.3 is 11.1 Å². The van der Waals surface area contributed by atoms with Gasteiger partial charge in [-0.05, 0) is 26.2 Å². The van der Waals surface area contributed by atoms with Crippen LogP contribution in [0.25, 0.3) is 0 Å². The molecule has 0 aliphatic heterocycles. The van der Waals surface area contributed by atoms with Gasteiger partial charge >= 0.3 is 0 Å². The maximum atomic E-state index is 11.6. The van der Waals surface area contributed by atoms with E-state index in [1.54, 1.807) is 11.8 Å². The van der Waals surface area contributed by atoms with Crippen molar-refractivity contribution in [3.63, 3.8) is 0 Å². The Hall–Kier alpha value is -1.08. The number of aromatic nitrogens is 3. The number of nitrogens with two attached hydrogens (primary N) is 1. The summed E-state index contributed by atoms with van der Waals surface area (Å²) in [5.41, 5.74) is 4.88. The number of nitrogens with zero attached hydrogens (tertiary/aromatic N) is 2. The molecule has 1 aliphatic carbocycles. The van der Waals surface area contributed by atoms with Crippen LogP contribution in [0.5, 0.6) is 0 Å². The van der Waals surface area contributed by atoms with Gasteiger partial charge in [-0.25, -0.2) is 4.98 Å². The Morgan fingerprint density at radius 3 is 3.00 bits per heavy atom. The predicted molar refractivity (Wildman–Crippen MR) is 70.1 cm³/mol. The molecule has 100 valence electrons. The lowest BCUT2D eigenvalue weighted by Crippen LogP contribution is -2.55. The summed E-state index contributed by atoms with van der Waals surface area (Å²) in [7, 11) is 0. The van der Waals surface area contributed by atoms with E-state index in [1.807, 2.05) is 6.92 Å². The highest BCUT2D eigenvalue weighted by molar-refractivity contribution is 7.99. The van der Waals surface area contributed by atoms with Gasteiger partial charge in [0, 0.05) is 11.3 Å². The Balaban J connectivity index is 1.92. The molecule has 6 nitrogen and oxygen atoms in total. The smallest absolute Gasteiger partial charge is 0.237 e. The van der Waals surface area contributed by atoms with E-state index in [4.69, 9.17) is 5.73 Å². The number of thioether (sulfide) groups is 1. The SMILES string of the molecule is CC(CC(C)(NC1CC1)C(N)=O)Sc1ncn[nH]1. The summed E-state index contributed by atoms with van der Waals surface area (Å²) in [5, 5.41) is 10.9. The number of nitrogens with one attached hydrogen (secondary N) is 2. The maximum absolute atomic E-state index is 11.6. The molecule has 2 rings (SSSR count). The molecule has 7 heteroatoms. The summed E-state index contributed by atoms with van der Waals surface area (Å²) in [6.45, 7) is 3.94. The average Bonchev–Trinajstić information content (AvgIpc) is 2.92. The summed E-state index contributed by atoms with van der Waals surface area (Å²) in [6.07, 6.45) is 4.41. The Labute approximate surface area is 111 Å². The van der Waals surface area contributed by atoms with Gasteiger partial charge in [0.15, 0.2) is 5.16 Å². The zero-order valence-corrected chi connectivity index (χ0v) is 11.5. The van der Waals surface area contributed by atoms with Crippen LogP contribution in [0.15, 0.2) is 11.5 Å². The number of hydrogen-bond acceptors (Lipinski definition) is 5. The number of primary amides is 1. The highest BCUT2D eigenvalue weighted by Gasteiger charge is 2.38. The van der Waals surface area contributed by atoms with E-state index < -0.39 is 5.54 Å². The van der Waals surface area contributed by atoms with Crippen molar-refractivity contribution in [3.05, 3.63) is 6.33 Å². The number of rotatable bonds is 7. The van der Waals surface area contributed by atoms with Crippen molar-refractivity contribution in [3.8, 4) is 0 Å². The minimum atomic E-state index is -0.645. The topological polar surface area (TPSA) is 96.7 Å². The molecule has 1 saturated carbocycles. The number of carbonyl (C=O) groups excluding carboxylic acids is 1. The molecule has 1 fully saturated rings. The summed E-state index contributed by atoms with van der Waals surface area (Å²) in [5.74, 6) is -0.292. The van der Waals surface area contributed by atoms with E-state index in [-0.39, 0.29) is 11.2 Å². The van der Waals surface area contributed by atoms with E-state index >= 15 is 0 Å². The first kappa shape index (κ1) is 13.4. The molecule has 18 heavy (non-hydrogen) atoms. The highest BCUT2D eigenvalue weighted by atomic mass is 32.2. The van der Waals surface area contributed by atoms with E-state index in [1.165, 1.54) is 6.33 Å². The minimum absolute atomic E-state index is 0.224. The number of amides is 1. The number of H-pyrrole nitrogens is 1. The average molecular weight is 269 g/mol. The number of hydrogen-bond donors (Lipinski definition) is 3. The van der Waals surface area contributed by atoms with Crippen molar-refractivity contribution < 1.29 is 4.79 Å². The molecule has 1 aromatic heterocycles. The molecule has 1 heterocycles. The second-order valence-electron chi connectivity index (χ2n) is 5.04. The summed E-state index contributed by atoms with van der Waals surface area (Å²) in [6, 6.07) is 0.449. The minimum Gasteiger partial charge on any atom is -0.368 e. The second-order valence-corrected chi connectivity index (χ2v) is 6.47. The lowest BCUT2D eigenvalue weighted by atomic mass is 9.95. The van der Waals surface area contributed by atoms with Crippen molar-refractivity contribution in [2.75, 3.05) is 0 Å². The van der Waals surface area contributed by atoms with Crippen LogP contribution in [0.2, 0.25) is 0 Å². The standard InChI is InChI=1S/C11H19N5OS/c1-7(18-10-13-6-14-16-10)5-11(2,9(12)17)15-8-3-4-8/h6-8,15H,3-5H2,1-2H3,(H2,12,17)(H,13,14,16). The fraction of sp³-hybridized carbons (Fsp3) is 0.727. The molecular weight excluding hydrogens is 250 g/mol. The van der Waals surface area contributed by atoms with Gasteiger partial charge in [-0.1, -0.05) is 18.7 Å². The predicted octanol–water partition coefficient (Wildman–Crippen LogP) is 0.671. The van der Waals surface area contributed by atoms with Gasteiger partial charge in [-0.15, -0.1) is 0 Å². The van der Waals surface area contributed by atoms with E-state index in [2.05, 4.69) is 27.4 Å². The van der Waals surface area contributed by atoms with Gasteiger partial charge in [0.25, 0.3) is 0 Å². The highest BCUT2D eigenvalue weighted by Crippen LogP contribution is 2.29. The Morgan fingerprint density at radius 2 is 2.50 bits per heavy atom. The van der Waals surface area contributed by atoms with Gasteiger partial charge in [-0.2, -0.15) is 5.10 Å². The maximum Gasteiger partial charge on any atom is 0.237 e. The fourth-order valence-electron chi connectivity index (χ4n) is 1.97. The molecule has 1 amide bonds. The molecule has 2 unspecified atom stereocenters. The molecule has 0 bridgehead atoms.